The largest absolute Gasteiger partial charge is 0.492 e. The SMILES string of the molecule is C=CCCCCCOc1c(Br)cccc1/C=C/C(=O)O. The van der Waals surface area contributed by atoms with Gasteiger partial charge in [-0.05, 0) is 53.8 Å². The molecule has 0 amide bonds. The molecule has 0 fully saturated rings. The molecule has 1 aromatic carbocycles. The van der Waals surface area contributed by atoms with Crippen LogP contribution in [0.1, 0.15) is 31.2 Å². The minimum Gasteiger partial charge on any atom is -0.492 e. The quantitative estimate of drug-likeness (QED) is 0.404. The Morgan fingerprint density at radius 3 is 2.85 bits per heavy atom. The van der Waals surface area contributed by atoms with Crippen LogP contribution in [0.3, 0.4) is 0 Å². The number of carboxylic acids is 1. The summed E-state index contributed by atoms with van der Waals surface area (Å²) in [4.78, 5) is 10.6. The number of unbranched alkanes of at least 4 members (excludes halogenated alkanes) is 3. The summed E-state index contributed by atoms with van der Waals surface area (Å²) in [5, 5.41) is 8.68. The first-order chi connectivity index (χ1) is 9.65. The van der Waals surface area contributed by atoms with Gasteiger partial charge in [-0.1, -0.05) is 18.2 Å². The molecule has 0 aliphatic rings. The summed E-state index contributed by atoms with van der Waals surface area (Å²) in [6.45, 7) is 4.31. The van der Waals surface area contributed by atoms with E-state index in [9.17, 15) is 4.79 Å². The van der Waals surface area contributed by atoms with Gasteiger partial charge in [0, 0.05) is 11.6 Å². The minimum atomic E-state index is -0.972. The highest BCUT2D eigenvalue weighted by Crippen LogP contribution is 2.30. The number of halogens is 1. The van der Waals surface area contributed by atoms with Crippen LogP contribution in [0.25, 0.3) is 6.08 Å². The second-order valence-corrected chi connectivity index (χ2v) is 5.17. The first-order valence-electron chi connectivity index (χ1n) is 6.58. The molecule has 0 bridgehead atoms. The molecule has 1 rings (SSSR count). The fraction of sp³-hybridized carbons (Fsp3) is 0.312. The Morgan fingerprint density at radius 2 is 2.15 bits per heavy atom. The van der Waals surface area contributed by atoms with Gasteiger partial charge in [0.2, 0.25) is 0 Å². The number of allylic oxidation sites excluding steroid dienone is 1. The van der Waals surface area contributed by atoms with Crippen molar-refractivity contribution in [2.75, 3.05) is 6.61 Å². The lowest BCUT2D eigenvalue weighted by atomic mass is 10.2. The molecule has 0 aromatic heterocycles. The lowest BCUT2D eigenvalue weighted by Gasteiger charge is -2.11. The molecule has 20 heavy (non-hydrogen) atoms. The number of carboxylic acid groups (broad SMARTS) is 1. The maximum absolute atomic E-state index is 10.6. The molecule has 0 spiro atoms. The second-order valence-electron chi connectivity index (χ2n) is 4.32. The van der Waals surface area contributed by atoms with Crippen molar-refractivity contribution in [3.8, 4) is 5.75 Å². The molecule has 0 unspecified atom stereocenters. The van der Waals surface area contributed by atoms with E-state index in [0.717, 1.165) is 41.8 Å². The Bertz CT molecular complexity index is 481. The summed E-state index contributed by atoms with van der Waals surface area (Å²) in [6, 6.07) is 5.56. The monoisotopic (exact) mass is 338 g/mol. The maximum atomic E-state index is 10.6. The average Bonchev–Trinajstić information content (AvgIpc) is 2.42. The first-order valence-corrected chi connectivity index (χ1v) is 7.37. The number of rotatable bonds is 9. The van der Waals surface area contributed by atoms with Gasteiger partial charge in [-0.3, -0.25) is 0 Å². The summed E-state index contributed by atoms with van der Waals surface area (Å²) in [6.07, 6.45) is 8.78. The standard InChI is InChI=1S/C16H19BrO3/c1-2-3-4-5-6-12-20-16-13(10-11-15(18)19)8-7-9-14(16)17/h2,7-11H,1,3-6,12H2,(H,18,19)/b11-10+. The Morgan fingerprint density at radius 1 is 1.35 bits per heavy atom. The Balaban J connectivity index is 2.59. The number of hydrogen-bond donors (Lipinski definition) is 1. The highest BCUT2D eigenvalue weighted by Gasteiger charge is 2.06. The Kier molecular flexibility index (Phi) is 7.73. The second kappa shape index (κ2) is 9.37. The van der Waals surface area contributed by atoms with E-state index in [0.29, 0.717) is 12.4 Å². The van der Waals surface area contributed by atoms with Gasteiger partial charge in [0.05, 0.1) is 11.1 Å². The molecule has 0 saturated carbocycles. The van der Waals surface area contributed by atoms with E-state index < -0.39 is 5.97 Å². The number of hydrogen-bond acceptors (Lipinski definition) is 2. The summed E-state index contributed by atoms with van der Waals surface area (Å²) in [7, 11) is 0. The summed E-state index contributed by atoms with van der Waals surface area (Å²) in [5.74, 6) is -0.283. The average molecular weight is 339 g/mol. The third-order valence-electron chi connectivity index (χ3n) is 2.70. The molecule has 0 atom stereocenters. The van der Waals surface area contributed by atoms with Gasteiger partial charge in [-0.25, -0.2) is 4.79 Å². The zero-order valence-corrected chi connectivity index (χ0v) is 12.9. The molecule has 4 heteroatoms. The highest BCUT2D eigenvalue weighted by molar-refractivity contribution is 9.10. The van der Waals surface area contributed by atoms with Crippen LogP contribution in [-0.4, -0.2) is 17.7 Å². The zero-order valence-electron chi connectivity index (χ0n) is 11.3. The van der Waals surface area contributed by atoms with Crippen molar-refractivity contribution in [1.29, 1.82) is 0 Å². The van der Waals surface area contributed by atoms with Gasteiger partial charge < -0.3 is 9.84 Å². The fourth-order valence-electron chi connectivity index (χ4n) is 1.71. The predicted octanol–water partition coefficient (Wildman–Crippen LogP) is 4.67. The predicted molar refractivity (Wildman–Crippen MR) is 85.0 cm³/mol. The third-order valence-corrected chi connectivity index (χ3v) is 3.33. The number of ether oxygens (including phenoxy) is 1. The summed E-state index contributed by atoms with van der Waals surface area (Å²) >= 11 is 3.43. The molecule has 0 heterocycles. The molecule has 1 N–H and O–H groups in total. The van der Waals surface area contributed by atoms with Crippen LogP contribution in [0, 0.1) is 0 Å². The smallest absolute Gasteiger partial charge is 0.328 e. The summed E-state index contributed by atoms with van der Waals surface area (Å²) < 4.78 is 6.59. The number of carbonyl (C=O) groups is 1. The topological polar surface area (TPSA) is 46.5 Å². The minimum absolute atomic E-state index is 0.619. The van der Waals surface area contributed by atoms with E-state index in [2.05, 4.69) is 22.5 Å². The van der Waals surface area contributed by atoms with Gasteiger partial charge in [0.15, 0.2) is 0 Å². The van der Waals surface area contributed by atoms with Gasteiger partial charge in [-0.2, -0.15) is 0 Å². The van der Waals surface area contributed by atoms with Crippen molar-refractivity contribution in [2.24, 2.45) is 0 Å². The molecule has 0 radical (unpaired) electrons. The number of aliphatic carboxylic acids is 1. The molecule has 108 valence electrons. The first kappa shape index (κ1) is 16.5. The van der Waals surface area contributed by atoms with Crippen LogP contribution < -0.4 is 4.74 Å². The van der Waals surface area contributed by atoms with Crippen molar-refractivity contribution in [2.45, 2.75) is 25.7 Å². The van der Waals surface area contributed by atoms with E-state index in [1.54, 1.807) is 6.08 Å². The highest BCUT2D eigenvalue weighted by atomic mass is 79.9. The normalized spacial score (nSPS) is 10.7. The van der Waals surface area contributed by atoms with Crippen LogP contribution in [0.5, 0.6) is 5.75 Å². The fourth-order valence-corrected chi connectivity index (χ4v) is 2.21. The molecular weight excluding hydrogens is 320 g/mol. The van der Waals surface area contributed by atoms with Gasteiger partial charge in [0.25, 0.3) is 0 Å². The van der Waals surface area contributed by atoms with Crippen molar-refractivity contribution in [1.82, 2.24) is 0 Å². The molecular formula is C16H19BrO3. The van der Waals surface area contributed by atoms with E-state index in [4.69, 9.17) is 9.84 Å². The van der Waals surface area contributed by atoms with Crippen LogP contribution in [0.15, 0.2) is 41.4 Å². The van der Waals surface area contributed by atoms with Crippen LogP contribution in [0.4, 0.5) is 0 Å². The Labute approximate surface area is 128 Å². The number of benzene rings is 1. The lowest BCUT2D eigenvalue weighted by Crippen LogP contribution is -2.00. The van der Waals surface area contributed by atoms with Crippen molar-refractivity contribution < 1.29 is 14.6 Å². The number of para-hydroxylation sites is 1. The van der Waals surface area contributed by atoms with E-state index in [-0.39, 0.29) is 0 Å². The molecule has 0 aliphatic heterocycles. The molecule has 0 saturated heterocycles. The Hall–Kier alpha value is -1.55. The molecule has 3 nitrogen and oxygen atoms in total. The lowest BCUT2D eigenvalue weighted by molar-refractivity contribution is -0.131. The van der Waals surface area contributed by atoms with E-state index in [1.807, 2.05) is 24.3 Å². The van der Waals surface area contributed by atoms with Gasteiger partial charge in [0.1, 0.15) is 5.75 Å². The van der Waals surface area contributed by atoms with E-state index >= 15 is 0 Å². The van der Waals surface area contributed by atoms with Crippen LogP contribution in [-0.2, 0) is 4.79 Å². The molecule has 1 aromatic rings. The molecule has 0 aliphatic carbocycles. The van der Waals surface area contributed by atoms with E-state index in [1.165, 1.54) is 0 Å². The van der Waals surface area contributed by atoms with Crippen LogP contribution >= 0.6 is 15.9 Å². The summed E-state index contributed by atoms with van der Waals surface area (Å²) in [5.41, 5.74) is 0.757. The van der Waals surface area contributed by atoms with Crippen LogP contribution in [0.2, 0.25) is 0 Å². The third kappa shape index (κ3) is 6.06. The van der Waals surface area contributed by atoms with Gasteiger partial charge in [-0.15, -0.1) is 6.58 Å². The maximum Gasteiger partial charge on any atom is 0.328 e. The van der Waals surface area contributed by atoms with Crippen molar-refractivity contribution >= 4 is 28.0 Å². The van der Waals surface area contributed by atoms with Crippen molar-refractivity contribution in [3.05, 3.63) is 47.0 Å². The van der Waals surface area contributed by atoms with Gasteiger partial charge >= 0.3 is 5.97 Å². The zero-order chi connectivity index (χ0) is 14.8. The van der Waals surface area contributed by atoms with Crippen molar-refractivity contribution in [3.63, 3.8) is 0 Å².